The van der Waals surface area contributed by atoms with Gasteiger partial charge < -0.3 is 5.32 Å². The first-order chi connectivity index (χ1) is 12.1. The molecule has 3 rings (SSSR count). The third-order valence-corrected chi connectivity index (χ3v) is 4.90. The minimum absolute atomic E-state index is 0.0496. The summed E-state index contributed by atoms with van der Waals surface area (Å²) in [4.78, 5) is 21.1. The Bertz CT molecular complexity index is 702. The second-order valence-electron chi connectivity index (χ2n) is 6.30. The van der Waals surface area contributed by atoms with Crippen LogP contribution in [0.3, 0.4) is 0 Å². The Morgan fingerprint density at radius 2 is 1.88 bits per heavy atom. The fraction of sp³-hybridized carbons (Fsp3) is 0.368. The van der Waals surface area contributed by atoms with Gasteiger partial charge in [-0.3, -0.25) is 14.6 Å². The smallest absolute Gasteiger partial charge is 0.241 e. The lowest BCUT2D eigenvalue weighted by molar-refractivity contribution is -0.121. The number of rotatable bonds is 5. The maximum Gasteiger partial charge on any atom is 0.241 e. The molecule has 0 radical (unpaired) electrons. The van der Waals surface area contributed by atoms with Crippen molar-refractivity contribution in [3.63, 3.8) is 0 Å². The first-order valence-electron chi connectivity index (χ1n) is 8.55. The Balaban J connectivity index is 1.50. The summed E-state index contributed by atoms with van der Waals surface area (Å²) in [5, 5.41) is 3.19. The largest absolute Gasteiger partial charge is 0.322 e. The number of carbonyl (C=O) groups excluding carboxylic acids is 1. The zero-order chi connectivity index (χ0) is 17.6. The van der Waals surface area contributed by atoms with E-state index in [1.165, 1.54) is 5.56 Å². The van der Waals surface area contributed by atoms with E-state index in [0.717, 1.165) is 32.7 Å². The number of piperazine rings is 1. The fourth-order valence-electron chi connectivity index (χ4n) is 3.03. The molecule has 1 aliphatic rings. The molecule has 1 aliphatic heterocycles. The maximum atomic E-state index is 12.5. The van der Waals surface area contributed by atoms with Crippen LogP contribution in [0.4, 0.5) is 5.69 Å². The van der Waals surface area contributed by atoms with E-state index in [2.05, 4.69) is 44.4 Å². The van der Waals surface area contributed by atoms with Crippen molar-refractivity contribution in [1.82, 2.24) is 14.8 Å². The van der Waals surface area contributed by atoms with Gasteiger partial charge in [-0.2, -0.15) is 0 Å². The van der Waals surface area contributed by atoms with E-state index in [9.17, 15) is 4.79 Å². The predicted octanol–water partition coefficient (Wildman–Crippen LogP) is 2.88. The van der Waals surface area contributed by atoms with Gasteiger partial charge >= 0.3 is 0 Å². The van der Waals surface area contributed by atoms with E-state index >= 15 is 0 Å². The summed E-state index contributed by atoms with van der Waals surface area (Å²) in [6.45, 7) is 6.57. The molecular formula is C19H23ClN4O. The predicted molar refractivity (Wildman–Crippen MR) is 101 cm³/mol. The van der Waals surface area contributed by atoms with Crippen LogP contribution < -0.4 is 5.32 Å². The second kappa shape index (κ2) is 8.43. The molecule has 1 aromatic heterocycles. The van der Waals surface area contributed by atoms with Crippen molar-refractivity contribution in [3.8, 4) is 0 Å². The van der Waals surface area contributed by atoms with Gasteiger partial charge in [-0.25, -0.2) is 4.98 Å². The van der Waals surface area contributed by atoms with Crippen molar-refractivity contribution >= 4 is 23.2 Å². The van der Waals surface area contributed by atoms with Gasteiger partial charge in [0.05, 0.1) is 11.7 Å². The van der Waals surface area contributed by atoms with E-state index < -0.39 is 0 Å². The first-order valence-corrected chi connectivity index (χ1v) is 8.93. The molecule has 1 N–H and O–H groups in total. The number of aromatic nitrogens is 1. The molecule has 6 heteroatoms. The third-order valence-electron chi connectivity index (χ3n) is 4.60. The highest BCUT2D eigenvalue weighted by Crippen LogP contribution is 2.18. The quantitative estimate of drug-likeness (QED) is 0.835. The number of nitrogens with zero attached hydrogens (tertiary/aromatic N) is 3. The molecule has 1 fully saturated rings. The summed E-state index contributed by atoms with van der Waals surface area (Å²) in [5.41, 5.74) is 1.89. The lowest BCUT2D eigenvalue weighted by Crippen LogP contribution is -2.52. The van der Waals surface area contributed by atoms with Gasteiger partial charge in [-0.1, -0.05) is 41.9 Å². The molecule has 5 nitrogen and oxygen atoms in total. The van der Waals surface area contributed by atoms with Gasteiger partial charge in [-0.15, -0.1) is 0 Å². The number of carbonyl (C=O) groups is 1. The summed E-state index contributed by atoms with van der Waals surface area (Å²) in [7, 11) is 0. The summed E-state index contributed by atoms with van der Waals surface area (Å²) in [5.74, 6) is -0.0496. The normalized spacial score (nSPS) is 17.2. The van der Waals surface area contributed by atoms with Crippen molar-refractivity contribution in [2.75, 3.05) is 31.5 Å². The first kappa shape index (κ1) is 17.9. The third kappa shape index (κ3) is 4.78. The molecule has 1 unspecified atom stereocenters. The van der Waals surface area contributed by atoms with E-state index in [1.807, 2.05) is 13.0 Å². The van der Waals surface area contributed by atoms with Gasteiger partial charge in [0.1, 0.15) is 0 Å². The van der Waals surface area contributed by atoms with Gasteiger partial charge in [0.15, 0.2) is 5.15 Å². The van der Waals surface area contributed by atoms with Crippen LogP contribution in [0.2, 0.25) is 5.15 Å². The minimum Gasteiger partial charge on any atom is -0.322 e. The molecule has 0 spiro atoms. The number of amides is 1. The molecule has 0 saturated carbocycles. The topological polar surface area (TPSA) is 48.5 Å². The average Bonchev–Trinajstić information content (AvgIpc) is 2.64. The van der Waals surface area contributed by atoms with Crippen molar-refractivity contribution in [2.45, 2.75) is 19.5 Å². The zero-order valence-electron chi connectivity index (χ0n) is 14.4. The lowest BCUT2D eigenvalue weighted by Gasteiger charge is -2.37. The number of hydrogen-bond donors (Lipinski definition) is 1. The van der Waals surface area contributed by atoms with Gasteiger partial charge in [-0.05, 0) is 24.6 Å². The van der Waals surface area contributed by atoms with Crippen LogP contribution in [0.5, 0.6) is 0 Å². The Morgan fingerprint density at radius 3 is 2.56 bits per heavy atom. The van der Waals surface area contributed by atoms with Crippen LogP contribution in [0.25, 0.3) is 0 Å². The monoisotopic (exact) mass is 358 g/mol. The summed E-state index contributed by atoms with van der Waals surface area (Å²) >= 11 is 6.01. The highest BCUT2D eigenvalue weighted by Gasteiger charge is 2.26. The average molecular weight is 359 g/mol. The minimum atomic E-state index is -0.199. The lowest BCUT2D eigenvalue weighted by atomic mass is 10.1. The van der Waals surface area contributed by atoms with E-state index in [1.54, 1.807) is 18.3 Å². The molecule has 132 valence electrons. The van der Waals surface area contributed by atoms with Crippen LogP contribution in [0.1, 0.15) is 12.5 Å². The number of pyridine rings is 1. The molecule has 0 aliphatic carbocycles. The van der Waals surface area contributed by atoms with Crippen molar-refractivity contribution < 1.29 is 4.79 Å². The number of nitrogens with one attached hydrogen (secondary N) is 1. The van der Waals surface area contributed by atoms with Gasteiger partial charge in [0.2, 0.25) is 5.91 Å². The van der Waals surface area contributed by atoms with Gasteiger partial charge in [0, 0.05) is 38.9 Å². The summed E-state index contributed by atoms with van der Waals surface area (Å²) in [6.07, 6.45) is 1.60. The Kier molecular flexibility index (Phi) is 6.02. The molecule has 1 aromatic carbocycles. The van der Waals surface area contributed by atoms with Crippen LogP contribution >= 0.6 is 11.6 Å². The Hall–Kier alpha value is -1.95. The molecular weight excluding hydrogens is 336 g/mol. The van der Waals surface area contributed by atoms with Gasteiger partial charge in [0.25, 0.3) is 0 Å². The number of anilines is 1. The van der Waals surface area contributed by atoms with Crippen molar-refractivity contribution in [3.05, 3.63) is 59.4 Å². The summed E-state index contributed by atoms with van der Waals surface area (Å²) < 4.78 is 0. The standard InChI is InChI=1S/C19H23ClN4O/c1-15(19(25)22-17-8-5-9-21-18(17)20)24-12-10-23(11-13-24)14-16-6-3-2-4-7-16/h2-9,15H,10-14H2,1H3,(H,22,25). The molecule has 25 heavy (non-hydrogen) atoms. The molecule has 2 aromatic rings. The van der Waals surface area contributed by atoms with Crippen molar-refractivity contribution in [1.29, 1.82) is 0 Å². The highest BCUT2D eigenvalue weighted by molar-refractivity contribution is 6.32. The van der Waals surface area contributed by atoms with Crippen molar-refractivity contribution in [2.24, 2.45) is 0 Å². The number of halogens is 1. The van der Waals surface area contributed by atoms with Crippen LogP contribution in [0, 0.1) is 0 Å². The van der Waals surface area contributed by atoms with Crippen LogP contribution in [-0.4, -0.2) is 52.9 Å². The molecule has 2 heterocycles. The van der Waals surface area contributed by atoms with Crippen LogP contribution in [-0.2, 0) is 11.3 Å². The molecule has 0 bridgehead atoms. The highest BCUT2D eigenvalue weighted by atomic mass is 35.5. The molecule has 1 amide bonds. The molecule has 1 atom stereocenters. The number of benzene rings is 1. The van der Waals surface area contributed by atoms with E-state index in [0.29, 0.717) is 10.8 Å². The number of hydrogen-bond acceptors (Lipinski definition) is 4. The zero-order valence-corrected chi connectivity index (χ0v) is 15.1. The Morgan fingerprint density at radius 1 is 1.16 bits per heavy atom. The summed E-state index contributed by atoms with van der Waals surface area (Å²) in [6, 6.07) is 13.8. The Labute approximate surface area is 153 Å². The van der Waals surface area contributed by atoms with E-state index in [4.69, 9.17) is 11.6 Å². The molecule has 1 saturated heterocycles. The SMILES string of the molecule is CC(C(=O)Nc1cccnc1Cl)N1CCN(Cc2ccccc2)CC1. The van der Waals surface area contributed by atoms with Crippen LogP contribution in [0.15, 0.2) is 48.7 Å². The maximum absolute atomic E-state index is 12.5. The van der Waals surface area contributed by atoms with E-state index in [-0.39, 0.29) is 11.9 Å². The fourth-order valence-corrected chi connectivity index (χ4v) is 3.20. The second-order valence-corrected chi connectivity index (χ2v) is 6.66.